The van der Waals surface area contributed by atoms with Crippen LogP contribution in [0.1, 0.15) is 24.2 Å². The number of nitro groups is 1. The summed E-state index contributed by atoms with van der Waals surface area (Å²) in [6.07, 6.45) is -0.784. The summed E-state index contributed by atoms with van der Waals surface area (Å²) in [5.41, 5.74) is 0.658. The van der Waals surface area contributed by atoms with Gasteiger partial charge in [-0.15, -0.1) is 0 Å². The van der Waals surface area contributed by atoms with Crippen LogP contribution in [0.2, 0.25) is 0 Å². The number of nitrogens with zero attached hydrogens (tertiary/aromatic N) is 1. The fourth-order valence-electron chi connectivity index (χ4n) is 1.89. The second-order valence-electron chi connectivity index (χ2n) is 4.63. The predicted octanol–water partition coefficient (Wildman–Crippen LogP) is 3.89. The van der Waals surface area contributed by atoms with Gasteiger partial charge in [-0.2, -0.15) is 0 Å². The molecule has 5 nitrogen and oxygen atoms in total. The zero-order chi connectivity index (χ0) is 15.6. The molecule has 0 spiro atoms. The summed E-state index contributed by atoms with van der Waals surface area (Å²) in [4.78, 5) is 10.3. The van der Waals surface area contributed by atoms with Gasteiger partial charge in [-0.25, -0.2) is 4.39 Å². The molecule has 0 saturated carbocycles. The molecule has 0 saturated heterocycles. The number of hydrogen-bond donors (Lipinski definition) is 1. The first-order valence-electron chi connectivity index (χ1n) is 6.29. The number of hydrogen-bond acceptors (Lipinski definition) is 4. The van der Waals surface area contributed by atoms with E-state index in [1.165, 1.54) is 50.2 Å². The molecule has 0 aliphatic rings. The van der Waals surface area contributed by atoms with E-state index < -0.39 is 16.8 Å². The van der Waals surface area contributed by atoms with Crippen molar-refractivity contribution in [3.8, 4) is 11.5 Å². The van der Waals surface area contributed by atoms with E-state index in [-0.39, 0.29) is 17.2 Å². The minimum Gasteiger partial charge on any atom is -0.454 e. The number of nitro benzene ring substituents is 1. The van der Waals surface area contributed by atoms with E-state index in [9.17, 15) is 19.6 Å². The average molecular weight is 291 g/mol. The number of aliphatic hydroxyl groups excluding tert-OH is 1. The molecule has 0 aliphatic heterocycles. The molecule has 2 aromatic rings. The predicted molar refractivity (Wildman–Crippen MR) is 74.9 cm³/mol. The van der Waals surface area contributed by atoms with Gasteiger partial charge in [-0.05, 0) is 37.6 Å². The fraction of sp³-hybridized carbons (Fsp3) is 0.200. The summed E-state index contributed by atoms with van der Waals surface area (Å²) < 4.78 is 19.3. The van der Waals surface area contributed by atoms with Crippen LogP contribution in [0, 0.1) is 22.9 Å². The summed E-state index contributed by atoms with van der Waals surface area (Å²) in [6, 6.07) is 8.46. The van der Waals surface area contributed by atoms with Gasteiger partial charge in [-0.1, -0.05) is 12.1 Å². The SMILES string of the molecule is Cc1c(Oc2ccc([C@H](C)O)cc2F)cccc1[N+](=O)[O-]. The van der Waals surface area contributed by atoms with E-state index in [2.05, 4.69) is 0 Å². The standard InChI is InChI=1S/C15H14FNO4/c1-9-13(17(19)20)4-3-5-14(9)21-15-7-6-11(10(2)18)8-12(15)16/h3-8,10,18H,1-2H3/t10-/m0/s1. The lowest BCUT2D eigenvalue weighted by Crippen LogP contribution is -1.97. The van der Waals surface area contributed by atoms with Crippen LogP contribution in [0.5, 0.6) is 11.5 Å². The van der Waals surface area contributed by atoms with Gasteiger partial charge in [0.25, 0.3) is 5.69 Å². The van der Waals surface area contributed by atoms with Crippen LogP contribution in [0.3, 0.4) is 0 Å². The van der Waals surface area contributed by atoms with Crippen LogP contribution < -0.4 is 4.74 Å². The van der Waals surface area contributed by atoms with Gasteiger partial charge in [0.1, 0.15) is 5.75 Å². The highest BCUT2D eigenvalue weighted by molar-refractivity contribution is 5.50. The van der Waals surface area contributed by atoms with Gasteiger partial charge in [0, 0.05) is 6.07 Å². The van der Waals surface area contributed by atoms with E-state index in [0.717, 1.165) is 0 Å². The Bertz CT molecular complexity index is 685. The first kappa shape index (κ1) is 14.9. The van der Waals surface area contributed by atoms with Crippen LogP contribution >= 0.6 is 0 Å². The quantitative estimate of drug-likeness (QED) is 0.685. The topological polar surface area (TPSA) is 72.6 Å². The number of ether oxygens (including phenoxy) is 1. The first-order valence-corrected chi connectivity index (χ1v) is 6.29. The van der Waals surface area contributed by atoms with E-state index in [0.29, 0.717) is 11.1 Å². The summed E-state index contributed by atoms with van der Waals surface area (Å²) >= 11 is 0. The van der Waals surface area contributed by atoms with Crippen LogP contribution in [0.15, 0.2) is 36.4 Å². The number of rotatable bonds is 4. The smallest absolute Gasteiger partial charge is 0.276 e. The third-order valence-electron chi connectivity index (χ3n) is 3.11. The molecule has 2 rings (SSSR count). The van der Waals surface area contributed by atoms with E-state index in [4.69, 9.17) is 4.74 Å². The Morgan fingerprint density at radius 2 is 2.00 bits per heavy atom. The van der Waals surface area contributed by atoms with Gasteiger partial charge in [0.15, 0.2) is 11.6 Å². The number of aliphatic hydroxyl groups is 1. The lowest BCUT2D eigenvalue weighted by molar-refractivity contribution is -0.385. The van der Waals surface area contributed by atoms with Gasteiger partial charge < -0.3 is 9.84 Å². The fourth-order valence-corrected chi connectivity index (χ4v) is 1.89. The lowest BCUT2D eigenvalue weighted by Gasteiger charge is -2.11. The highest BCUT2D eigenvalue weighted by atomic mass is 19.1. The molecule has 0 unspecified atom stereocenters. The van der Waals surface area contributed by atoms with E-state index in [1.54, 1.807) is 0 Å². The Kier molecular flexibility index (Phi) is 4.18. The van der Waals surface area contributed by atoms with Crippen molar-refractivity contribution in [3.63, 3.8) is 0 Å². The number of halogens is 1. The lowest BCUT2D eigenvalue weighted by atomic mass is 10.1. The summed E-state index contributed by atoms with van der Waals surface area (Å²) in [7, 11) is 0. The Morgan fingerprint density at radius 3 is 2.57 bits per heavy atom. The molecule has 1 atom stereocenters. The van der Waals surface area contributed by atoms with Gasteiger partial charge >= 0.3 is 0 Å². The average Bonchev–Trinajstić information content (AvgIpc) is 2.42. The van der Waals surface area contributed by atoms with Crippen LogP contribution in [-0.4, -0.2) is 10.0 Å². The molecule has 0 amide bonds. The normalized spacial score (nSPS) is 12.0. The Labute approximate surface area is 120 Å². The highest BCUT2D eigenvalue weighted by Crippen LogP contribution is 2.32. The zero-order valence-electron chi connectivity index (χ0n) is 11.5. The van der Waals surface area contributed by atoms with Gasteiger partial charge in [0.05, 0.1) is 16.6 Å². The molecule has 0 fully saturated rings. The third kappa shape index (κ3) is 3.17. The molecular formula is C15H14FNO4. The second kappa shape index (κ2) is 5.88. The molecule has 0 aromatic heterocycles. The van der Waals surface area contributed by atoms with Crippen LogP contribution in [0.4, 0.5) is 10.1 Å². The summed E-state index contributed by atoms with van der Waals surface area (Å²) in [5.74, 6) is -0.477. The van der Waals surface area contributed by atoms with Crippen molar-refractivity contribution in [3.05, 3.63) is 63.5 Å². The molecule has 0 heterocycles. The van der Waals surface area contributed by atoms with Gasteiger partial charge in [0.2, 0.25) is 0 Å². The maximum Gasteiger partial charge on any atom is 0.276 e. The Hall–Kier alpha value is -2.47. The van der Waals surface area contributed by atoms with E-state index in [1.807, 2.05) is 0 Å². The molecule has 6 heteroatoms. The van der Waals surface area contributed by atoms with Crippen LogP contribution in [-0.2, 0) is 0 Å². The minimum absolute atomic E-state index is 0.0528. The molecule has 110 valence electrons. The third-order valence-corrected chi connectivity index (χ3v) is 3.11. The largest absolute Gasteiger partial charge is 0.454 e. The van der Waals surface area contributed by atoms with Crippen molar-refractivity contribution in [2.45, 2.75) is 20.0 Å². The molecule has 0 aliphatic carbocycles. The van der Waals surface area contributed by atoms with Crippen molar-refractivity contribution >= 4 is 5.69 Å². The number of benzene rings is 2. The van der Waals surface area contributed by atoms with Crippen molar-refractivity contribution in [1.82, 2.24) is 0 Å². The minimum atomic E-state index is -0.784. The van der Waals surface area contributed by atoms with Crippen molar-refractivity contribution < 1.29 is 19.2 Å². The first-order chi connectivity index (χ1) is 9.90. The molecule has 1 N–H and O–H groups in total. The molecule has 21 heavy (non-hydrogen) atoms. The summed E-state index contributed by atoms with van der Waals surface area (Å²) in [5, 5.41) is 20.2. The zero-order valence-corrected chi connectivity index (χ0v) is 11.5. The Balaban J connectivity index is 2.35. The van der Waals surface area contributed by atoms with Crippen molar-refractivity contribution in [2.24, 2.45) is 0 Å². The summed E-state index contributed by atoms with van der Waals surface area (Å²) in [6.45, 7) is 3.07. The molecular weight excluding hydrogens is 277 g/mol. The second-order valence-corrected chi connectivity index (χ2v) is 4.63. The molecule has 0 bridgehead atoms. The molecule has 2 aromatic carbocycles. The highest BCUT2D eigenvalue weighted by Gasteiger charge is 2.16. The molecule has 0 radical (unpaired) electrons. The van der Waals surface area contributed by atoms with Crippen molar-refractivity contribution in [1.29, 1.82) is 0 Å². The van der Waals surface area contributed by atoms with E-state index >= 15 is 0 Å². The Morgan fingerprint density at radius 1 is 1.29 bits per heavy atom. The maximum absolute atomic E-state index is 13.9. The van der Waals surface area contributed by atoms with Gasteiger partial charge in [-0.3, -0.25) is 10.1 Å². The maximum atomic E-state index is 13.9. The monoisotopic (exact) mass is 291 g/mol. The van der Waals surface area contributed by atoms with Crippen molar-refractivity contribution in [2.75, 3.05) is 0 Å². The van der Waals surface area contributed by atoms with Crippen LogP contribution in [0.25, 0.3) is 0 Å².